The van der Waals surface area contributed by atoms with Gasteiger partial charge in [0.15, 0.2) is 5.78 Å². The average Bonchev–Trinajstić information content (AvgIpc) is 3.23. The molecule has 2 aromatic heterocycles. The van der Waals surface area contributed by atoms with E-state index in [1.54, 1.807) is 25.4 Å². The molecule has 0 unspecified atom stereocenters. The summed E-state index contributed by atoms with van der Waals surface area (Å²) in [5.41, 5.74) is 4.29. The molecule has 0 saturated carbocycles. The molecule has 5 heteroatoms. The predicted octanol–water partition coefficient (Wildman–Crippen LogP) is 3.82. The zero-order valence-corrected chi connectivity index (χ0v) is 12.5. The number of fused-ring (bicyclic) bond motifs is 1. The van der Waals surface area contributed by atoms with Crippen molar-refractivity contribution < 1.29 is 4.79 Å². The molecule has 0 aliphatic carbocycles. The van der Waals surface area contributed by atoms with Crippen molar-refractivity contribution in [3.8, 4) is 22.8 Å². The number of Topliss-reactive ketones (excluding diaryl/α,β-unsaturated/α-hetero) is 1. The van der Waals surface area contributed by atoms with Crippen LogP contribution in [0.25, 0.3) is 33.8 Å². The first-order valence-corrected chi connectivity index (χ1v) is 7.32. The highest BCUT2D eigenvalue weighted by Crippen LogP contribution is 2.29. The molecule has 0 radical (unpaired) electrons. The van der Waals surface area contributed by atoms with E-state index in [-0.39, 0.29) is 5.78 Å². The van der Waals surface area contributed by atoms with Crippen LogP contribution in [0.1, 0.15) is 17.3 Å². The minimum atomic E-state index is 0.0408. The molecule has 23 heavy (non-hydrogen) atoms. The molecule has 0 aliphatic heterocycles. The number of nitrogens with zero attached hydrogens (tertiary/aromatic N) is 2. The second kappa shape index (κ2) is 5.21. The second-order valence-electron chi connectivity index (χ2n) is 5.36. The maximum absolute atomic E-state index is 11.5. The fourth-order valence-corrected chi connectivity index (χ4v) is 2.66. The average molecular weight is 302 g/mol. The lowest BCUT2D eigenvalue weighted by atomic mass is 10.1. The van der Waals surface area contributed by atoms with E-state index in [1.165, 1.54) is 0 Å². The van der Waals surface area contributed by atoms with Crippen molar-refractivity contribution in [1.29, 1.82) is 0 Å². The SMILES string of the molecule is CC(=O)c1ccc2nc(-c3ccccc3-c3ncc[nH]3)[nH]c2c1. The first-order valence-electron chi connectivity index (χ1n) is 7.32. The number of imidazole rings is 2. The molecule has 0 spiro atoms. The number of rotatable bonds is 3. The van der Waals surface area contributed by atoms with E-state index < -0.39 is 0 Å². The Morgan fingerprint density at radius 2 is 1.83 bits per heavy atom. The van der Waals surface area contributed by atoms with Gasteiger partial charge in [-0.05, 0) is 25.1 Å². The molecule has 0 saturated heterocycles. The van der Waals surface area contributed by atoms with Crippen molar-refractivity contribution in [2.75, 3.05) is 0 Å². The lowest BCUT2D eigenvalue weighted by Gasteiger charge is -2.04. The maximum atomic E-state index is 11.5. The highest BCUT2D eigenvalue weighted by Gasteiger charge is 2.13. The third-order valence-corrected chi connectivity index (χ3v) is 3.82. The third-order valence-electron chi connectivity index (χ3n) is 3.82. The number of nitrogens with one attached hydrogen (secondary N) is 2. The smallest absolute Gasteiger partial charge is 0.159 e. The molecular formula is C18H14N4O. The van der Waals surface area contributed by atoms with Crippen LogP contribution in [0.5, 0.6) is 0 Å². The van der Waals surface area contributed by atoms with Gasteiger partial charge in [-0.15, -0.1) is 0 Å². The minimum absolute atomic E-state index is 0.0408. The molecule has 112 valence electrons. The van der Waals surface area contributed by atoms with Gasteiger partial charge in [0, 0.05) is 29.1 Å². The van der Waals surface area contributed by atoms with Gasteiger partial charge in [-0.3, -0.25) is 4.79 Å². The van der Waals surface area contributed by atoms with Crippen LogP contribution >= 0.6 is 0 Å². The highest BCUT2D eigenvalue weighted by molar-refractivity contribution is 5.97. The summed E-state index contributed by atoms with van der Waals surface area (Å²) in [6, 6.07) is 13.4. The molecule has 0 bridgehead atoms. The van der Waals surface area contributed by atoms with Gasteiger partial charge in [0.05, 0.1) is 11.0 Å². The van der Waals surface area contributed by atoms with Gasteiger partial charge in [0.2, 0.25) is 0 Å². The van der Waals surface area contributed by atoms with Crippen molar-refractivity contribution in [3.63, 3.8) is 0 Å². The maximum Gasteiger partial charge on any atom is 0.159 e. The van der Waals surface area contributed by atoms with Crippen molar-refractivity contribution in [3.05, 3.63) is 60.4 Å². The van der Waals surface area contributed by atoms with Crippen LogP contribution in [0.15, 0.2) is 54.9 Å². The Morgan fingerprint density at radius 3 is 2.52 bits per heavy atom. The lowest BCUT2D eigenvalue weighted by molar-refractivity contribution is 0.101. The Balaban J connectivity index is 1.88. The summed E-state index contributed by atoms with van der Waals surface area (Å²) in [6.07, 6.45) is 3.52. The van der Waals surface area contributed by atoms with Gasteiger partial charge in [-0.1, -0.05) is 24.3 Å². The standard InChI is InChI=1S/C18H14N4O/c1-11(23)12-6-7-15-16(10-12)22-18(21-15)14-5-3-2-4-13(14)17-19-8-9-20-17/h2-10H,1H3,(H,19,20)(H,21,22). The fraction of sp³-hybridized carbons (Fsp3) is 0.0556. The molecule has 0 aliphatic rings. The van der Waals surface area contributed by atoms with Gasteiger partial charge in [-0.2, -0.15) is 0 Å². The molecule has 2 heterocycles. The Bertz CT molecular complexity index is 999. The molecule has 5 nitrogen and oxygen atoms in total. The molecular weight excluding hydrogens is 288 g/mol. The van der Waals surface area contributed by atoms with Crippen molar-refractivity contribution in [1.82, 2.24) is 19.9 Å². The summed E-state index contributed by atoms with van der Waals surface area (Å²) < 4.78 is 0. The van der Waals surface area contributed by atoms with Crippen molar-refractivity contribution >= 4 is 16.8 Å². The van der Waals surface area contributed by atoms with E-state index in [2.05, 4.69) is 19.9 Å². The van der Waals surface area contributed by atoms with E-state index in [1.807, 2.05) is 36.4 Å². The molecule has 0 atom stereocenters. The molecule has 2 N–H and O–H groups in total. The number of carbonyl (C=O) groups is 1. The molecule has 0 amide bonds. The van der Waals surface area contributed by atoms with E-state index in [0.717, 1.165) is 33.8 Å². The largest absolute Gasteiger partial charge is 0.345 e. The van der Waals surface area contributed by atoms with Crippen LogP contribution in [0.3, 0.4) is 0 Å². The number of aromatic amines is 2. The number of ketones is 1. The Morgan fingerprint density at radius 1 is 1.04 bits per heavy atom. The van der Waals surface area contributed by atoms with Crippen LogP contribution in [-0.4, -0.2) is 25.7 Å². The van der Waals surface area contributed by atoms with Gasteiger partial charge in [0.25, 0.3) is 0 Å². The fourth-order valence-electron chi connectivity index (χ4n) is 2.66. The number of hydrogen-bond donors (Lipinski definition) is 2. The first kappa shape index (κ1) is 13.5. The zero-order valence-electron chi connectivity index (χ0n) is 12.5. The number of aromatic nitrogens is 4. The summed E-state index contributed by atoms with van der Waals surface area (Å²) in [5.74, 6) is 1.59. The molecule has 4 rings (SSSR count). The second-order valence-corrected chi connectivity index (χ2v) is 5.36. The van der Waals surface area contributed by atoms with E-state index in [0.29, 0.717) is 5.56 Å². The monoisotopic (exact) mass is 302 g/mol. The predicted molar refractivity (Wildman–Crippen MR) is 89.1 cm³/mol. The molecule has 2 aromatic carbocycles. The third kappa shape index (κ3) is 2.32. The normalized spacial score (nSPS) is 11.0. The summed E-state index contributed by atoms with van der Waals surface area (Å²) >= 11 is 0. The molecule has 0 fully saturated rings. The molecule has 4 aromatic rings. The summed E-state index contributed by atoms with van der Waals surface area (Å²) in [6.45, 7) is 1.56. The first-order chi connectivity index (χ1) is 11.2. The quantitative estimate of drug-likeness (QED) is 0.565. The number of benzene rings is 2. The van der Waals surface area contributed by atoms with Crippen LogP contribution < -0.4 is 0 Å². The number of hydrogen-bond acceptors (Lipinski definition) is 3. The minimum Gasteiger partial charge on any atom is -0.345 e. The van der Waals surface area contributed by atoms with E-state index >= 15 is 0 Å². The van der Waals surface area contributed by atoms with Crippen molar-refractivity contribution in [2.24, 2.45) is 0 Å². The summed E-state index contributed by atoms with van der Waals surface area (Å²) in [5, 5.41) is 0. The van der Waals surface area contributed by atoms with Gasteiger partial charge < -0.3 is 9.97 Å². The number of carbonyl (C=O) groups excluding carboxylic acids is 1. The van der Waals surface area contributed by atoms with Gasteiger partial charge >= 0.3 is 0 Å². The Hall–Kier alpha value is -3.21. The highest BCUT2D eigenvalue weighted by atomic mass is 16.1. The van der Waals surface area contributed by atoms with Crippen LogP contribution in [-0.2, 0) is 0 Å². The van der Waals surface area contributed by atoms with Crippen molar-refractivity contribution in [2.45, 2.75) is 6.92 Å². The van der Waals surface area contributed by atoms with Crippen LogP contribution in [0.2, 0.25) is 0 Å². The van der Waals surface area contributed by atoms with Gasteiger partial charge in [-0.25, -0.2) is 9.97 Å². The van der Waals surface area contributed by atoms with E-state index in [9.17, 15) is 4.79 Å². The Kier molecular flexibility index (Phi) is 3.05. The summed E-state index contributed by atoms with van der Waals surface area (Å²) in [4.78, 5) is 26.9. The number of H-pyrrole nitrogens is 2. The van der Waals surface area contributed by atoms with E-state index in [4.69, 9.17) is 0 Å². The van der Waals surface area contributed by atoms with Crippen LogP contribution in [0, 0.1) is 0 Å². The summed E-state index contributed by atoms with van der Waals surface area (Å²) in [7, 11) is 0. The Labute approximate surface area is 132 Å². The van der Waals surface area contributed by atoms with Gasteiger partial charge in [0.1, 0.15) is 11.6 Å². The lowest BCUT2D eigenvalue weighted by Crippen LogP contribution is -1.90. The zero-order chi connectivity index (χ0) is 15.8. The topological polar surface area (TPSA) is 74.4 Å². The van der Waals surface area contributed by atoms with Crippen LogP contribution in [0.4, 0.5) is 0 Å².